The van der Waals surface area contributed by atoms with Crippen LogP contribution in [0.2, 0.25) is 0 Å². The van der Waals surface area contributed by atoms with Gasteiger partial charge in [-0.05, 0) is 16.7 Å². The molecule has 0 aliphatic carbocycles. The van der Waals surface area contributed by atoms with Crippen molar-refractivity contribution in [3.63, 3.8) is 0 Å². The molecule has 3 aromatic rings. The minimum absolute atomic E-state index is 0.0928. The molecule has 0 saturated carbocycles. The van der Waals surface area contributed by atoms with E-state index in [1.54, 1.807) is 4.90 Å². The molecule has 0 spiro atoms. The van der Waals surface area contributed by atoms with E-state index in [1.165, 1.54) is 0 Å². The summed E-state index contributed by atoms with van der Waals surface area (Å²) < 4.78 is 5.28. The Morgan fingerprint density at radius 2 is 1.60 bits per heavy atom. The number of carbonyl (C=O) groups is 1. The molecule has 30 heavy (non-hydrogen) atoms. The molecule has 0 amide bonds. The van der Waals surface area contributed by atoms with Crippen LogP contribution in [0.15, 0.2) is 64.2 Å². The predicted molar refractivity (Wildman–Crippen MR) is 115 cm³/mol. The van der Waals surface area contributed by atoms with Gasteiger partial charge in [0.25, 0.3) is 10.9 Å². The molecule has 1 heterocycles. The van der Waals surface area contributed by atoms with Gasteiger partial charge in [0.2, 0.25) is 0 Å². The standard InChI is InChI=1S/C23H22N2O5/c26-21-19(20(22(21)27)25-10-12-30-13-11-25)24-18(23(28)29)14-15-6-8-17(9-7-15)16-4-2-1-3-5-16/h1-9,18,24H,10-14H2,(H,28,29)/t18-/m0/s1. The highest BCUT2D eigenvalue weighted by Crippen LogP contribution is 2.24. The number of anilines is 2. The number of hydrogen-bond acceptors (Lipinski definition) is 6. The van der Waals surface area contributed by atoms with Gasteiger partial charge in [-0.3, -0.25) is 9.59 Å². The number of aliphatic carboxylic acids is 1. The second kappa shape index (κ2) is 8.51. The Morgan fingerprint density at radius 1 is 0.967 bits per heavy atom. The summed E-state index contributed by atoms with van der Waals surface area (Å²) in [5.41, 5.74) is 2.07. The van der Waals surface area contributed by atoms with Crippen LogP contribution in [-0.2, 0) is 16.0 Å². The summed E-state index contributed by atoms with van der Waals surface area (Å²) in [5.74, 6) is -1.08. The molecule has 154 valence electrons. The molecule has 1 atom stereocenters. The van der Waals surface area contributed by atoms with Gasteiger partial charge < -0.3 is 20.1 Å². The third kappa shape index (κ3) is 3.97. The lowest BCUT2D eigenvalue weighted by atomic mass is 10.00. The number of benzene rings is 2. The van der Waals surface area contributed by atoms with Crippen LogP contribution in [0.4, 0.5) is 11.4 Å². The topological polar surface area (TPSA) is 95.9 Å². The lowest BCUT2D eigenvalue weighted by molar-refractivity contribution is -0.137. The minimum atomic E-state index is -1.08. The average Bonchev–Trinajstić information content (AvgIpc) is 2.79. The van der Waals surface area contributed by atoms with Crippen LogP contribution in [0.1, 0.15) is 5.56 Å². The van der Waals surface area contributed by atoms with Gasteiger partial charge in [-0.25, -0.2) is 4.79 Å². The number of nitrogens with zero attached hydrogens (tertiary/aromatic N) is 1. The Balaban J connectivity index is 1.51. The van der Waals surface area contributed by atoms with Crippen LogP contribution in [0.25, 0.3) is 11.1 Å². The number of morpholine rings is 1. The van der Waals surface area contributed by atoms with Crippen LogP contribution in [0, 0.1) is 0 Å². The lowest BCUT2D eigenvalue weighted by Gasteiger charge is -2.31. The summed E-state index contributed by atoms with van der Waals surface area (Å²) in [6, 6.07) is 16.5. The Bertz CT molecular complexity index is 1100. The van der Waals surface area contributed by atoms with Crippen LogP contribution in [0.3, 0.4) is 0 Å². The Hall–Kier alpha value is -3.45. The fraction of sp³-hybridized carbons (Fsp3) is 0.261. The quantitative estimate of drug-likeness (QED) is 0.579. The maximum atomic E-state index is 12.1. The molecule has 2 N–H and O–H groups in total. The molecular weight excluding hydrogens is 384 g/mol. The van der Waals surface area contributed by atoms with Crippen LogP contribution in [-0.4, -0.2) is 43.4 Å². The molecule has 0 unspecified atom stereocenters. The van der Waals surface area contributed by atoms with Crippen molar-refractivity contribution in [2.24, 2.45) is 0 Å². The van der Waals surface area contributed by atoms with Gasteiger partial charge in [0, 0.05) is 19.5 Å². The lowest BCUT2D eigenvalue weighted by Crippen LogP contribution is -2.48. The van der Waals surface area contributed by atoms with Crippen molar-refractivity contribution in [2.75, 3.05) is 36.5 Å². The largest absolute Gasteiger partial charge is 0.480 e. The van der Waals surface area contributed by atoms with E-state index in [4.69, 9.17) is 4.74 Å². The molecule has 3 aromatic carbocycles. The molecule has 7 heteroatoms. The van der Waals surface area contributed by atoms with Crippen LogP contribution in [0.5, 0.6) is 0 Å². The van der Waals surface area contributed by atoms with Gasteiger partial charge in [-0.15, -0.1) is 0 Å². The van der Waals surface area contributed by atoms with Crippen molar-refractivity contribution in [3.05, 3.63) is 80.6 Å². The maximum absolute atomic E-state index is 12.1. The van der Waals surface area contributed by atoms with E-state index >= 15 is 0 Å². The third-order valence-electron chi connectivity index (χ3n) is 5.33. The van der Waals surface area contributed by atoms with E-state index in [0.29, 0.717) is 26.3 Å². The van der Waals surface area contributed by atoms with Crippen LogP contribution < -0.4 is 21.1 Å². The van der Waals surface area contributed by atoms with Gasteiger partial charge in [-0.2, -0.15) is 0 Å². The first-order chi connectivity index (χ1) is 14.5. The third-order valence-corrected chi connectivity index (χ3v) is 5.33. The normalized spacial score (nSPS) is 15.1. The van der Waals surface area contributed by atoms with E-state index in [9.17, 15) is 19.5 Å². The van der Waals surface area contributed by atoms with Gasteiger partial charge in [-0.1, -0.05) is 54.6 Å². The molecule has 4 rings (SSSR count). The molecule has 1 aliphatic heterocycles. The Kier molecular flexibility index (Phi) is 5.63. The molecule has 0 bridgehead atoms. The van der Waals surface area contributed by atoms with Crippen molar-refractivity contribution < 1.29 is 14.6 Å². The van der Waals surface area contributed by atoms with E-state index < -0.39 is 22.9 Å². The highest BCUT2D eigenvalue weighted by molar-refractivity contribution is 5.83. The maximum Gasteiger partial charge on any atom is 0.326 e. The number of rotatable bonds is 7. The fourth-order valence-electron chi connectivity index (χ4n) is 3.68. The molecule has 0 aromatic heterocycles. The van der Waals surface area contributed by atoms with Crippen molar-refractivity contribution in [1.82, 2.24) is 0 Å². The number of carboxylic acid groups (broad SMARTS) is 1. The smallest absolute Gasteiger partial charge is 0.326 e. The van der Waals surface area contributed by atoms with Crippen molar-refractivity contribution in [3.8, 4) is 11.1 Å². The second-order valence-electron chi connectivity index (χ2n) is 7.28. The number of hydrogen-bond donors (Lipinski definition) is 2. The molecule has 1 saturated heterocycles. The van der Waals surface area contributed by atoms with Gasteiger partial charge in [0.1, 0.15) is 17.4 Å². The summed E-state index contributed by atoms with van der Waals surface area (Å²) in [7, 11) is 0. The summed E-state index contributed by atoms with van der Waals surface area (Å²) in [6.45, 7) is 1.93. The summed E-state index contributed by atoms with van der Waals surface area (Å²) in [6.07, 6.45) is 0.186. The minimum Gasteiger partial charge on any atom is -0.480 e. The van der Waals surface area contributed by atoms with Gasteiger partial charge >= 0.3 is 5.97 Å². The first kappa shape index (κ1) is 19.8. The van der Waals surface area contributed by atoms with E-state index in [-0.39, 0.29) is 17.8 Å². The molecule has 7 nitrogen and oxygen atoms in total. The van der Waals surface area contributed by atoms with Crippen LogP contribution >= 0.6 is 0 Å². The summed E-state index contributed by atoms with van der Waals surface area (Å²) in [5, 5.41) is 12.5. The van der Waals surface area contributed by atoms with Crippen molar-refractivity contribution >= 4 is 17.3 Å². The molecule has 1 aliphatic rings. The zero-order valence-electron chi connectivity index (χ0n) is 16.3. The zero-order chi connectivity index (χ0) is 21.1. The van der Waals surface area contributed by atoms with Gasteiger partial charge in [0.05, 0.1) is 13.2 Å². The number of nitrogens with one attached hydrogen (secondary N) is 1. The number of ether oxygens (including phenoxy) is 1. The summed E-state index contributed by atoms with van der Waals surface area (Å²) >= 11 is 0. The highest BCUT2D eigenvalue weighted by atomic mass is 16.5. The SMILES string of the molecule is O=C(O)[C@H](Cc1ccc(-c2ccccc2)cc1)Nc1c(N2CCOCC2)c(=O)c1=O. The van der Waals surface area contributed by atoms with Crippen molar-refractivity contribution in [1.29, 1.82) is 0 Å². The van der Waals surface area contributed by atoms with E-state index in [0.717, 1.165) is 16.7 Å². The average molecular weight is 406 g/mol. The highest BCUT2D eigenvalue weighted by Gasteiger charge is 2.30. The van der Waals surface area contributed by atoms with Gasteiger partial charge in [0.15, 0.2) is 0 Å². The zero-order valence-corrected chi connectivity index (χ0v) is 16.3. The molecule has 1 fully saturated rings. The predicted octanol–water partition coefficient (Wildman–Crippen LogP) is 1.89. The first-order valence-corrected chi connectivity index (χ1v) is 9.84. The van der Waals surface area contributed by atoms with E-state index in [2.05, 4.69) is 5.32 Å². The number of carboxylic acids is 1. The molecular formula is C23H22N2O5. The first-order valence-electron chi connectivity index (χ1n) is 9.84. The monoisotopic (exact) mass is 406 g/mol. The van der Waals surface area contributed by atoms with Crippen molar-refractivity contribution in [2.45, 2.75) is 12.5 Å². The Labute approximate surface area is 173 Å². The molecule has 0 radical (unpaired) electrons. The van der Waals surface area contributed by atoms with E-state index in [1.807, 2.05) is 54.6 Å². The fourth-order valence-corrected chi connectivity index (χ4v) is 3.68. The Morgan fingerprint density at radius 3 is 2.23 bits per heavy atom. The second-order valence-corrected chi connectivity index (χ2v) is 7.28. The summed E-state index contributed by atoms with van der Waals surface area (Å²) in [4.78, 5) is 37.8.